The Balaban J connectivity index is 1.60. The number of carbonyl (C=O) groups is 1. The summed E-state index contributed by atoms with van der Waals surface area (Å²) in [6.45, 7) is 2.44. The van der Waals surface area contributed by atoms with Crippen LogP contribution in [-0.4, -0.2) is 18.0 Å². The molecule has 0 saturated carbocycles. The molecule has 0 N–H and O–H groups in total. The van der Waals surface area contributed by atoms with Gasteiger partial charge >= 0.3 is 0 Å². The summed E-state index contributed by atoms with van der Waals surface area (Å²) in [4.78, 5) is 20.0. The minimum atomic E-state index is -0.238. The molecule has 31 heavy (non-hydrogen) atoms. The van der Waals surface area contributed by atoms with Gasteiger partial charge in [0.1, 0.15) is 0 Å². The number of para-hydroxylation sites is 1. The van der Waals surface area contributed by atoms with Crippen molar-refractivity contribution in [1.82, 2.24) is 4.98 Å². The molecule has 2 heterocycles. The molecule has 0 bridgehead atoms. The monoisotopic (exact) mass is 428 g/mol. The van der Waals surface area contributed by atoms with E-state index in [1.165, 1.54) is 11.3 Å². The number of ether oxygens (including phenoxy) is 1. The minimum absolute atomic E-state index is 0.238. The summed E-state index contributed by atoms with van der Waals surface area (Å²) in [7, 11) is 1.59. The zero-order valence-electron chi connectivity index (χ0n) is 17.2. The van der Waals surface area contributed by atoms with Crippen LogP contribution in [0.5, 0.6) is 5.75 Å². The lowest BCUT2D eigenvalue weighted by molar-refractivity contribution is 0.0960. The molecule has 154 valence electrons. The number of thiazole rings is 1. The van der Waals surface area contributed by atoms with E-state index < -0.39 is 0 Å². The van der Waals surface area contributed by atoms with Gasteiger partial charge in [0.2, 0.25) is 0 Å². The number of benzene rings is 3. The first-order valence-electron chi connectivity index (χ1n) is 9.92. The second-order valence-corrected chi connectivity index (χ2v) is 8.34. The summed E-state index contributed by atoms with van der Waals surface area (Å²) in [5.74, 6) is 0.616. The number of furan rings is 1. The number of fused-ring (bicyclic) bond motifs is 2. The quantitative estimate of drug-likeness (QED) is 0.334. The van der Waals surface area contributed by atoms with Gasteiger partial charge in [-0.3, -0.25) is 9.69 Å². The maximum Gasteiger partial charge on any atom is 0.296 e. The van der Waals surface area contributed by atoms with E-state index in [0.29, 0.717) is 23.0 Å². The Morgan fingerprint density at radius 1 is 1.06 bits per heavy atom. The van der Waals surface area contributed by atoms with Crippen molar-refractivity contribution in [2.24, 2.45) is 0 Å². The molecule has 2 aromatic heterocycles. The summed E-state index contributed by atoms with van der Waals surface area (Å²) < 4.78 is 12.4. The molecule has 5 rings (SSSR count). The third kappa shape index (κ3) is 3.66. The number of carbonyl (C=O) groups excluding carboxylic acids is 1. The van der Waals surface area contributed by atoms with Crippen LogP contribution in [0.2, 0.25) is 0 Å². The largest absolute Gasteiger partial charge is 0.493 e. The number of aryl methyl sites for hydroxylation is 1. The first-order chi connectivity index (χ1) is 15.1. The predicted molar refractivity (Wildman–Crippen MR) is 124 cm³/mol. The molecule has 3 aromatic carbocycles. The van der Waals surface area contributed by atoms with E-state index in [2.05, 4.69) is 6.07 Å². The molecule has 0 spiro atoms. The number of hydrogen-bond donors (Lipinski definition) is 0. The lowest BCUT2D eigenvalue weighted by atomic mass is 10.2. The maximum absolute atomic E-state index is 13.6. The Morgan fingerprint density at radius 2 is 1.90 bits per heavy atom. The summed E-state index contributed by atoms with van der Waals surface area (Å²) in [5.41, 5.74) is 3.61. The van der Waals surface area contributed by atoms with Crippen molar-refractivity contribution in [1.29, 1.82) is 0 Å². The van der Waals surface area contributed by atoms with Crippen molar-refractivity contribution in [3.05, 3.63) is 89.7 Å². The molecule has 0 aliphatic rings. The van der Waals surface area contributed by atoms with E-state index in [-0.39, 0.29) is 11.7 Å². The highest BCUT2D eigenvalue weighted by Crippen LogP contribution is 2.33. The second-order valence-electron chi connectivity index (χ2n) is 7.33. The number of methoxy groups -OCH3 is 1. The minimum Gasteiger partial charge on any atom is -0.493 e. The predicted octanol–water partition coefficient (Wildman–Crippen LogP) is 6.21. The zero-order chi connectivity index (χ0) is 21.4. The van der Waals surface area contributed by atoms with Gasteiger partial charge in [-0.2, -0.15) is 0 Å². The Hall–Kier alpha value is -3.64. The van der Waals surface area contributed by atoms with Gasteiger partial charge in [-0.05, 0) is 42.3 Å². The van der Waals surface area contributed by atoms with Crippen LogP contribution in [-0.2, 0) is 6.54 Å². The van der Waals surface area contributed by atoms with Gasteiger partial charge in [-0.15, -0.1) is 0 Å². The highest BCUT2D eigenvalue weighted by atomic mass is 32.1. The number of nitrogens with zero attached hydrogens (tertiary/aromatic N) is 2. The maximum atomic E-state index is 13.6. The van der Waals surface area contributed by atoms with Crippen LogP contribution in [0.1, 0.15) is 21.7 Å². The highest BCUT2D eigenvalue weighted by molar-refractivity contribution is 7.22. The van der Waals surface area contributed by atoms with Crippen molar-refractivity contribution < 1.29 is 13.9 Å². The molecular formula is C25H20N2O3S. The van der Waals surface area contributed by atoms with Gasteiger partial charge < -0.3 is 9.15 Å². The molecule has 6 heteroatoms. The number of hydrogen-bond acceptors (Lipinski definition) is 5. The summed E-state index contributed by atoms with van der Waals surface area (Å²) in [6.07, 6.45) is 0. The third-order valence-corrected chi connectivity index (χ3v) is 6.17. The molecule has 1 amide bonds. The fraction of sp³-hybridized carbons (Fsp3) is 0.120. The van der Waals surface area contributed by atoms with Crippen molar-refractivity contribution in [3.8, 4) is 5.75 Å². The molecule has 5 aromatic rings. The van der Waals surface area contributed by atoms with Crippen LogP contribution in [0.15, 0.2) is 77.2 Å². The van der Waals surface area contributed by atoms with Crippen molar-refractivity contribution in [3.63, 3.8) is 0 Å². The Bertz CT molecular complexity index is 1390. The lowest BCUT2D eigenvalue weighted by Crippen LogP contribution is -2.30. The van der Waals surface area contributed by atoms with Gasteiger partial charge in [0.15, 0.2) is 22.2 Å². The van der Waals surface area contributed by atoms with E-state index in [1.807, 2.05) is 67.6 Å². The SMILES string of the molecule is COc1cccc2cc(C(=O)N(Cc3ccccc3)c3nc4ccc(C)cc4s3)oc12. The topological polar surface area (TPSA) is 55.6 Å². The summed E-state index contributed by atoms with van der Waals surface area (Å²) >= 11 is 1.50. The second kappa shape index (κ2) is 7.89. The van der Waals surface area contributed by atoms with Gasteiger partial charge in [0, 0.05) is 5.39 Å². The van der Waals surface area contributed by atoms with Crippen LogP contribution in [0.25, 0.3) is 21.2 Å². The van der Waals surface area contributed by atoms with E-state index in [0.717, 1.165) is 26.7 Å². The number of amides is 1. The van der Waals surface area contributed by atoms with Gasteiger partial charge in [0.05, 0.1) is 23.9 Å². The molecule has 0 radical (unpaired) electrons. The average molecular weight is 429 g/mol. The van der Waals surface area contributed by atoms with Gasteiger partial charge in [-0.1, -0.05) is 59.9 Å². The molecule has 0 unspecified atom stereocenters. The van der Waals surface area contributed by atoms with Crippen molar-refractivity contribution in [2.75, 3.05) is 12.0 Å². The van der Waals surface area contributed by atoms with Crippen LogP contribution in [0.3, 0.4) is 0 Å². The van der Waals surface area contributed by atoms with Crippen LogP contribution in [0, 0.1) is 6.92 Å². The van der Waals surface area contributed by atoms with Crippen LogP contribution in [0.4, 0.5) is 5.13 Å². The first-order valence-corrected chi connectivity index (χ1v) is 10.7. The number of aromatic nitrogens is 1. The molecule has 0 aliphatic carbocycles. The third-order valence-electron chi connectivity index (χ3n) is 5.13. The normalized spacial score (nSPS) is 11.2. The summed E-state index contributed by atoms with van der Waals surface area (Å²) in [5, 5.41) is 1.46. The van der Waals surface area contributed by atoms with E-state index in [9.17, 15) is 4.79 Å². The first kappa shape index (κ1) is 19.3. The van der Waals surface area contributed by atoms with E-state index in [1.54, 1.807) is 18.1 Å². The standard InChI is InChI=1S/C25H20N2O3S/c1-16-11-12-19-22(13-16)31-25(26-19)27(15-17-7-4-3-5-8-17)24(28)21-14-18-9-6-10-20(29-2)23(18)30-21/h3-14H,15H2,1-2H3. The lowest BCUT2D eigenvalue weighted by Gasteiger charge is -2.18. The highest BCUT2D eigenvalue weighted by Gasteiger charge is 2.25. The molecule has 0 atom stereocenters. The Morgan fingerprint density at radius 3 is 2.71 bits per heavy atom. The van der Waals surface area contributed by atoms with Crippen molar-refractivity contribution >= 4 is 43.6 Å². The number of anilines is 1. The molecule has 0 saturated heterocycles. The average Bonchev–Trinajstić information content (AvgIpc) is 3.41. The molecular weight excluding hydrogens is 408 g/mol. The van der Waals surface area contributed by atoms with Crippen LogP contribution >= 0.6 is 11.3 Å². The van der Waals surface area contributed by atoms with E-state index in [4.69, 9.17) is 14.1 Å². The number of rotatable bonds is 5. The molecule has 0 aliphatic heterocycles. The van der Waals surface area contributed by atoms with E-state index >= 15 is 0 Å². The van der Waals surface area contributed by atoms with Crippen LogP contribution < -0.4 is 9.64 Å². The summed E-state index contributed by atoms with van der Waals surface area (Å²) in [6, 6.07) is 23.4. The fourth-order valence-corrected chi connectivity index (χ4v) is 4.62. The fourth-order valence-electron chi connectivity index (χ4n) is 3.56. The molecule has 5 nitrogen and oxygen atoms in total. The Labute approximate surface area is 183 Å². The van der Waals surface area contributed by atoms with Crippen molar-refractivity contribution in [2.45, 2.75) is 13.5 Å². The van der Waals surface area contributed by atoms with Gasteiger partial charge in [0.25, 0.3) is 5.91 Å². The Kier molecular flexibility index (Phi) is 4.92. The zero-order valence-corrected chi connectivity index (χ0v) is 18.0. The van der Waals surface area contributed by atoms with Gasteiger partial charge in [-0.25, -0.2) is 4.98 Å². The smallest absolute Gasteiger partial charge is 0.296 e. The molecule has 0 fully saturated rings.